The lowest BCUT2D eigenvalue weighted by Crippen LogP contribution is -2.34. The summed E-state index contributed by atoms with van der Waals surface area (Å²) in [5, 5.41) is 11.3. The van der Waals surface area contributed by atoms with Gasteiger partial charge in [-0.05, 0) is 32.4 Å². The van der Waals surface area contributed by atoms with E-state index in [1.807, 2.05) is 11.8 Å². The maximum Gasteiger partial charge on any atom is 0.345 e. The number of hydrogen-bond donors (Lipinski definition) is 1. The predicted octanol–water partition coefficient (Wildman–Crippen LogP) is 2.93. The van der Waals surface area contributed by atoms with Crippen LogP contribution in [0.1, 0.15) is 37.0 Å². The number of ether oxygens (including phenoxy) is 2. The first-order valence-corrected chi connectivity index (χ1v) is 11.1. The zero-order valence-electron chi connectivity index (χ0n) is 19.7. The van der Waals surface area contributed by atoms with Gasteiger partial charge in [0.25, 0.3) is 0 Å². The molecule has 2 aromatic heterocycles. The van der Waals surface area contributed by atoms with Crippen LogP contribution < -0.4 is 10.1 Å². The zero-order chi connectivity index (χ0) is 24.5. The van der Waals surface area contributed by atoms with Crippen LogP contribution in [0.3, 0.4) is 0 Å². The van der Waals surface area contributed by atoms with E-state index in [4.69, 9.17) is 9.47 Å². The van der Waals surface area contributed by atoms with Crippen molar-refractivity contribution in [3.63, 3.8) is 0 Å². The van der Waals surface area contributed by atoms with E-state index in [9.17, 15) is 9.59 Å². The van der Waals surface area contributed by atoms with Crippen LogP contribution in [-0.4, -0.2) is 69.1 Å². The third kappa shape index (κ3) is 6.09. The average molecular weight is 467 g/mol. The van der Waals surface area contributed by atoms with Gasteiger partial charge in [0.2, 0.25) is 5.91 Å². The minimum Gasteiger partial charge on any atom is -0.496 e. The molecule has 1 amide bonds. The van der Waals surface area contributed by atoms with Gasteiger partial charge in [-0.3, -0.25) is 4.79 Å². The number of allylic oxidation sites excluding steroid dienone is 4. The first kappa shape index (κ1) is 24.7. The molecule has 0 aliphatic carbocycles. The van der Waals surface area contributed by atoms with Crippen molar-refractivity contribution >= 4 is 23.4 Å². The summed E-state index contributed by atoms with van der Waals surface area (Å²) in [7, 11) is 1.49. The monoisotopic (exact) mass is 466 g/mol. The van der Waals surface area contributed by atoms with E-state index in [0.29, 0.717) is 23.8 Å². The minimum atomic E-state index is -0.502. The number of hydrogen-bond acceptors (Lipinski definition) is 8. The summed E-state index contributed by atoms with van der Waals surface area (Å²) >= 11 is 0. The van der Waals surface area contributed by atoms with Crippen molar-refractivity contribution in [2.45, 2.75) is 38.8 Å². The molecule has 2 atom stereocenters. The summed E-state index contributed by atoms with van der Waals surface area (Å²) in [6.07, 6.45) is 12.9. The zero-order valence-corrected chi connectivity index (χ0v) is 19.7. The number of esters is 1. The Morgan fingerprint density at radius 1 is 1.26 bits per heavy atom. The Bertz CT molecular complexity index is 1060. The maximum atomic E-state index is 12.8. The van der Waals surface area contributed by atoms with Gasteiger partial charge in [-0.1, -0.05) is 24.8 Å². The third-order valence-corrected chi connectivity index (χ3v) is 5.35. The fourth-order valence-electron chi connectivity index (χ4n) is 3.76. The molecule has 3 rings (SSSR count). The van der Waals surface area contributed by atoms with E-state index in [0.717, 1.165) is 6.42 Å². The molecule has 10 nitrogen and oxygen atoms in total. The first-order chi connectivity index (χ1) is 16.4. The Morgan fingerprint density at radius 2 is 2.03 bits per heavy atom. The number of nitrogens with one attached hydrogen (secondary N) is 1. The Kier molecular flexibility index (Phi) is 8.55. The molecular weight excluding hydrogens is 436 g/mol. The molecule has 1 aliphatic rings. The van der Waals surface area contributed by atoms with Gasteiger partial charge in [-0.25, -0.2) is 9.78 Å². The van der Waals surface area contributed by atoms with Crippen molar-refractivity contribution in [2.75, 3.05) is 25.6 Å². The van der Waals surface area contributed by atoms with E-state index in [1.54, 1.807) is 55.9 Å². The highest BCUT2D eigenvalue weighted by molar-refractivity contribution is 5.97. The molecule has 2 aromatic rings. The highest BCUT2D eigenvalue weighted by Crippen LogP contribution is 2.28. The predicted molar refractivity (Wildman–Crippen MR) is 128 cm³/mol. The molecule has 1 N–H and O–H groups in total. The number of likely N-dealkylation sites (tertiary alicyclic amines) is 1. The van der Waals surface area contributed by atoms with Crippen LogP contribution in [0.15, 0.2) is 55.5 Å². The van der Waals surface area contributed by atoms with E-state index in [-0.39, 0.29) is 36.6 Å². The molecule has 1 aliphatic heterocycles. The largest absolute Gasteiger partial charge is 0.496 e. The molecule has 3 heterocycles. The highest BCUT2D eigenvalue weighted by atomic mass is 16.5. The van der Waals surface area contributed by atoms with Crippen molar-refractivity contribution < 1.29 is 19.1 Å². The van der Waals surface area contributed by atoms with Gasteiger partial charge in [0, 0.05) is 31.2 Å². The summed E-state index contributed by atoms with van der Waals surface area (Å²) in [5.74, 6) is 0.303. The molecule has 1 saturated heterocycles. The average Bonchev–Trinajstić information content (AvgIpc) is 3.48. The van der Waals surface area contributed by atoms with Crippen LogP contribution in [-0.2, 0) is 9.53 Å². The van der Waals surface area contributed by atoms with Crippen LogP contribution in [0.2, 0.25) is 0 Å². The lowest BCUT2D eigenvalue weighted by molar-refractivity contribution is -0.130. The molecular formula is C24H30N6O4. The van der Waals surface area contributed by atoms with Crippen molar-refractivity contribution in [1.82, 2.24) is 24.9 Å². The highest BCUT2D eigenvalue weighted by Gasteiger charge is 2.33. The van der Waals surface area contributed by atoms with Gasteiger partial charge in [0.15, 0.2) is 0 Å². The number of carbonyl (C=O) groups is 2. The molecule has 0 unspecified atom stereocenters. The standard InChI is InChI=1S/C24H30N6O4/c1-5-34-24(32)22-20(33-4)11-12-25-23(22)28-19-15-18(3)29(16-19)21(31)10-8-6-7-9-17(2)30-26-13-14-27-30/h6-9,11-14,18-19H,2,5,10,15-16H2,1,3-4H3,(H,25,28)/b8-6-,9-7-/t18-,19-/m1/s1. The molecule has 0 bridgehead atoms. The fraction of sp³-hybridized carbons (Fsp3) is 0.375. The second kappa shape index (κ2) is 11.8. The number of rotatable bonds is 10. The van der Waals surface area contributed by atoms with Crippen LogP contribution in [0.25, 0.3) is 5.70 Å². The quantitative estimate of drug-likeness (QED) is 0.420. The number of aromatic nitrogens is 4. The maximum absolute atomic E-state index is 12.8. The van der Waals surface area contributed by atoms with Crippen LogP contribution in [0.5, 0.6) is 5.75 Å². The summed E-state index contributed by atoms with van der Waals surface area (Å²) in [6.45, 7) is 8.38. The summed E-state index contributed by atoms with van der Waals surface area (Å²) in [6, 6.07) is 1.61. The summed E-state index contributed by atoms with van der Waals surface area (Å²) in [4.78, 5) is 32.8. The Morgan fingerprint density at radius 3 is 2.74 bits per heavy atom. The van der Waals surface area contributed by atoms with Gasteiger partial charge >= 0.3 is 5.97 Å². The Balaban J connectivity index is 1.58. The number of nitrogens with zero attached hydrogens (tertiary/aromatic N) is 5. The molecule has 10 heteroatoms. The summed E-state index contributed by atoms with van der Waals surface area (Å²) < 4.78 is 10.5. The lowest BCUT2D eigenvalue weighted by Gasteiger charge is -2.21. The second-order valence-electron chi connectivity index (χ2n) is 7.73. The number of pyridine rings is 1. The number of amides is 1. The molecule has 0 spiro atoms. The van der Waals surface area contributed by atoms with Crippen molar-refractivity contribution in [3.05, 3.63) is 61.1 Å². The van der Waals surface area contributed by atoms with Crippen LogP contribution >= 0.6 is 0 Å². The molecule has 0 aromatic carbocycles. The summed E-state index contributed by atoms with van der Waals surface area (Å²) in [5.41, 5.74) is 0.877. The fourth-order valence-corrected chi connectivity index (χ4v) is 3.76. The van der Waals surface area contributed by atoms with Gasteiger partial charge in [-0.2, -0.15) is 15.0 Å². The smallest absolute Gasteiger partial charge is 0.345 e. The van der Waals surface area contributed by atoms with Crippen molar-refractivity contribution in [2.24, 2.45) is 0 Å². The molecule has 34 heavy (non-hydrogen) atoms. The second-order valence-corrected chi connectivity index (χ2v) is 7.73. The molecule has 0 radical (unpaired) electrons. The van der Waals surface area contributed by atoms with Crippen molar-refractivity contribution in [3.8, 4) is 5.75 Å². The molecule has 0 saturated carbocycles. The van der Waals surface area contributed by atoms with Gasteiger partial charge in [0.05, 0.1) is 31.8 Å². The first-order valence-electron chi connectivity index (χ1n) is 11.1. The SMILES string of the molecule is C=C(/C=C\C=C/CC(=O)N1C[C@H](Nc2nccc(OC)c2C(=O)OCC)C[C@H]1C)n1nccn1. The van der Waals surface area contributed by atoms with Gasteiger partial charge in [-0.15, -0.1) is 0 Å². The van der Waals surface area contributed by atoms with Crippen LogP contribution in [0, 0.1) is 0 Å². The van der Waals surface area contributed by atoms with Crippen molar-refractivity contribution in [1.29, 1.82) is 0 Å². The van der Waals surface area contributed by atoms with E-state index in [1.165, 1.54) is 11.9 Å². The molecule has 180 valence electrons. The van der Waals surface area contributed by atoms with E-state index < -0.39 is 5.97 Å². The number of anilines is 1. The third-order valence-electron chi connectivity index (χ3n) is 5.35. The van der Waals surface area contributed by atoms with Gasteiger partial charge < -0.3 is 19.7 Å². The number of carbonyl (C=O) groups excluding carboxylic acids is 2. The lowest BCUT2D eigenvalue weighted by atomic mass is 10.1. The minimum absolute atomic E-state index is 0.0261. The Labute approximate surface area is 198 Å². The number of methoxy groups -OCH3 is 1. The van der Waals surface area contributed by atoms with Gasteiger partial charge in [0.1, 0.15) is 17.1 Å². The topological polar surface area (TPSA) is 111 Å². The Hall–Kier alpha value is -3.95. The molecule has 1 fully saturated rings. The van der Waals surface area contributed by atoms with E-state index in [2.05, 4.69) is 27.1 Å². The normalized spacial score (nSPS) is 17.9. The van der Waals surface area contributed by atoms with E-state index >= 15 is 0 Å². The van der Waals surface area contributed by atoms with Crippen LogP contribution in [0.4, 0.5) is 5.82 Å².